The van der Waals surface area contributed by atoms with Gasteiger partial charge in [-0.05, 0) is 73.9 Å². The molecule has 0 aliphatic carbocycles. The molecule has 35 heavy (non-hydrogen) atoms. The van der Waals surface area contributed by atoms with Crippen LogP contribution < -0.4 is 9.47 Å². The fourth-order valence-electron chi connectivity index (χ4n) is 4.78. The fraction of sp³-hybridized carbons (Fsp3) is 0.250. The zero-order valence-corrected chi connectivity index (χ0v) is 19.4. The molecule has 2 aliphatic heterocycles. The molecule has 3 heterocycles. The molecule has 0 N–H and O–H groups in total. The topological polar surface area (TPSA) is 77.7 Å². The number of hydrogen-bond acceptors (Lipinski definition) is 6. The molecule has 7 heteroatoms. The highest BCUT2D eigenvalue weighted by Crippen LogP contribution is 2.38. The van der Waals surface area contributed by atoms with E-state index in [2.05, 4.69) is 10.2 Å². The fourth-order valence-corrected chi connectivity index (χ4v) is 4.78. The number of nitrogens with zero attached hydrogens (tertiary/aromatic N) is 3. The van der Waals surface area contributed by atoms with Crippen LogP contribution in [0.3, 0.4) is 0 Å². The summed E-state index contributed by atoms with van der Waals surface area (Å²) in [5.74, 6) is 2.43. The van der Waals surface area contributed by atoms with Crippen molar-refractivity contribution in [3.05, 3.63) is 83.4 Å². The molecular weight excluding hydrogens is 442 g/mol. The van der Waals surface area contributed by atoms with Crippen LogP contribution in [0.15, 0.2) is 71.1 Å². The molecule has 7 nitrogen and oxygen atoms in total. The Bertz CT molecular complexity index is 1380. The van der Waals surface area contributed by atoms with Crippen LogP contribution in [-0.2, 0) is 0 Å². The van der Waals surface area contributed by atoms with Crippen molar-refractivity contribution in [1.29, 1.82) is 0 Å². The van der Waals surface area contributed by atoms with Crippen LogP contribution in [0.1, 0.15) is 40.4 Å². The lowest BCUT2D eigenvalue weighted by molar-refractivity contribution is 0.0735. The molecule has 1 atom stereocenters. The van der Waals surface area contributed by atoms with E-state index < -0.39 is 0 Å². The summed E-state index contributed by atoms with van der Waals surface area (Å²) in [6.07, 6.45) is 1.89. The molecule has 0 spiro atoms. The van der Waals surface area contributed by atoms with Crippen LogP contribution in [0.5, 0.6) is 11.5 Å². The van der Waals surface area contributed by atoms with Gasteiger partial charge in [0.1, 0.15) is 13.2 Å². The SMILES string of the molecule is Cc1cccc(-c2nnc(-c3ccc(C(=O)N4CCCC4c4ccc5c(c4)OCCO5)cc3)o2)c1. The summed E-state index contributed by atoms with van der Waals surface area (Å²) in [4.78, 5) is 15.4. The zero-order valence-electron chi connectivity index (χ0n) is 19.4. The van der Waals surface area contributed by atoms with E-state index in [1.54, 1.807) is 0 Å². The average Bonchev–Trinajstić information content (AvgIpc) is 3.59. The van der Waals surface area contributed by atoms with Crippen molar-refractivity contribution in [3.63, 3.8) is 0 Å². The molecule has 176 valence electrons. The molecule has 1 fully saturated rings. The Morgan fingerprint density at radius 3 is 2.46 bits per heavy atom. The van der Waals surface area contributed by atoms with Gasteiger partial charge in [0.05, 0.1) is 6.04 Å². The van der Waals surface area contributed by atoms with Gasteiger partial charge in [-0.3, -0.25) is 4.79 Å². The Morgan fingerprint density at radius 2 is 1.66 bits per heavy atom. The minimum Gasteiger partial charge on any atom is -0.486 e. The first-order valence-electron chi connectivity index (χ1n) is 11.9. The third-order valence-electron chi connectivity index (χ3n) is 6.53. The summed E-state index contributed by atoms with van der Waals surface area (Å²) in [6.45, 7) is 3.86. The van der Waals surface area contributed by atoms with Crippen LogP contribution >= 0.6 is 0 Å². The highest BCUT2D eigenvalue weighted by atomic mass is 16.6. The Balaban J connectivity index is 1.20. The van der Waals surface area contributed by atoms with Crippen molar-refractivity contribution in [2.24, 2.45) is 0 Å². The number of hydrogen-bond donors (Lipinski definition) is 0. The molecule has 4 aromatic rings. The van der Waals surface area contributed by atoms with Gasteiger partial charge in [-0.15, -0.1) is 10.2 Å². The summed E-state index contributed by atoms with van der Waals surface area (Å²) < 4.78 is 17.3. The van der Waals surface area contributed by atoms with Crippen molar-refractivity contribution in [3.8, 4) is 34.4 Å². The van der Waals surface area contributed by atoms with Crippen LogP contribution in [0.25, 0.3) is 22.9 Å². The van der Waals surface area contributed by atoms with Crippen LogP contribution in [0, 0.1) is 6.92 Å². The summed E-state index contributed by atoms with van der Waals surface area (Å²) in [6, 6.07) is 21.3. The zero-order chi connectivity index (χ0) is 23.8. The second kappa shape index (κ2) is 8.91. The van der Waals surface area contributed by atoms with Crippen LogP contribution in [0.4, 0.5) is 0 Å². The number of aromatic nitrogens is 2. The third-order valence-corrected chi connectivity index (χ3v) is 6.53. The van der Waals surface area contributed by atoms with E-state index in [0.29, 0.717) is 30.6 Å². The van der Waals surface area contributed by atoms with Gasteiger partial charge in [-0.25, -0.2) is 0 Å². The molecule has 1 saturated heterocycles. The molecule has 1 unspecified atom stereocenters. The molecule has 3 aromatic carbocycles. The van der Waals surface area contributed by atoms with Crippen molar-refractivity contribution in [1.82, 2.24) is 15.1 Å². The molecule has 0 radical (unpaired) electrons. The number of rotatable bonds is 4. The van der Waals surface area contributed by atoms with E-state index in [1.807, 2.05) is 78.6 Å². The van der Waals surface area contributed by atoms with Gasteiger partial charge in [-0.2, -0.15) is 0 Å². The molecule has 0 saturated carbocycles. The van der Waals surface area contributed by atoms with Gasteiger partial charge in [0.2, 0.25) is 11.8 Å². The van der Waals surface area contributed by atoms with Crippen LogP contribution in [0.2, 0.25) is 0 Å². The predicted molar refractivity (Wildman–Crippen MR) is 130 cm³/mol. The Kier molecular flexibility index (Phi) is 5.45. The number of carbonyl (C=O) groups is 1. The van der Waals surface area contributed by atoms with Gasteiger partial charge < -0.3 is 18.8 Å². The van der Waals surface area contributed by atoms with Gasteiger partial charge in [0.15, 0.2) is 11.5 Å². The van der Waals surface area contributed by atoms with E-state index in [0.717, 1.165) is 53.1 Å². The highest BCUT2D eigenvalue weighted by molar-refractivity contribution is 5.95. The summed E-state index contributed by atoms with van der Waals surface area (Å²) in [5.41, 5.74) is 4.50. The van der Waals surface area contributed by atoms with Crippen molar-refractivity contribution >= 4 is 5.91 Å². The average molecular weight is 468 g/mol. The first-order chi connectivity index (χ1) is 17.2. The second-order valence-electron chi connectivity index (χ2n) is 8.92. The van der Waals surface area contributed by atoms with Gasteiger partial charge in [0.25, 0.3) is 5.91 Å². The predicted octanol–water partition coefficient (Wildman–Crippen LogP) is 5.46. The molecular formula is C28H25N3O4. The van der Waals surface area contributed by atoms with Gasteiger partial charge in [-0.1, -0.05) is 23.8 Å². The lowest BCUT2D eigenvalue weighted by Crippen LogP contribution is -2.30. The van der Waals surface area contributed by atoms with Crippen molar-refractivity contribution in [2.45, 2.75) is 25.8 Å². The first-order valence-corrected chi connectivity index (χ1v) is 11.9. The monoisotopic (exact) mass is 467 g/mol. The number of fused-ring (bicyclic) bond motifs is 1. The number of aryl methyl sites for hydroxylation is 1. The molecule has 0 bridgehead atoms. The Hall–Kier alpha value is -4.13. The van der Waals surface area contributed by atoms with E-state index in [-0.39, 0.29) is 11.9 Å². The maximum absolute atomic E-state index is 13.4. The summed E-state index contributed by atoms with van der Waals surface area (Å²) >= 11 is 0. The molecule has 1 amide bonds. The number of carbonyl (C=O) groups excluding carboxylic acids is 1. The summed E-state index contributed by atoms with van der Waals surface area (Å²) in [7, 11) is 0. The molecule has 2 aliphatic rings. The normalized spacial score (nSPS) is 16.9. The maximum atomic E-state index is 13.4. The summed E-state index contributed by atoms with van der Waals surface area (Å²) in [5, 5.41) is 8.38. The largest absolute Gasteiger partial charge is 0.486 e. The second-order valence-corrected chi connectivity index (χ2v) is 8.92. The van der Waals surface area contributed by atoms with Crippen molar-refractivity contribution in [2.75, 3.05) is 19.8 Å². The Labute approximate surface area is 203 Å². The van der Waals surface area contributed by atoms with Crippen LogP contribution in [-0.4, -0.2) is 40.8 Å². The standard InChI is InChI=1S/C28H25N3O4/c1-18-4-2-5-22(16-18)27-30-29-26(35-27)19-7-9-20(10-8-19)28(32)31-13-3-6-23(31)21-11-12-24-25(17-21)34-15-14-33-24/h2,4-5,7-12,16-17,23H,3,6,13-15H2,1H3. The van der Waals surface area contributed by atoms with E-state index in [4.69, 9.17) is 13.9 Å². The third kappa shape index (κ3) is 4.14. The molecule has 1 aromatic heterocycles. The van der Waals surface area contributed by atoms with Gasteiger partial charge in [0, 0.05) is 23.2 Å². The van der Waals surface area contributed by atoms with E-state index >= 15 is 0 Å². The Morgan fingerprint density at radius 1 is 0.886 bits per heavy atom. The number of ether oxygens (including phenoxy) is 2. The number of amides is 1. The quantitative estimate of drug-likeness (QED) is 0.397. The lowest BCUT2D eigenvalue weighted by atomic mass is 10.0. The smallest absolute Gasteiger partial charge is 0.254 e. The minimum atomic E-state index is 0.0138. The number of likely N-dealkylation sites (tertiary alicyclic amines) is 1. The van der Waals surface area contributed by atoms with Crippen molar-refractivity contribution < 1.29 is 18.7 Å². The molecule has 6 rings (SSSR count). The van der Waals surface area contributed by atoms with Gasteiger partial charge >= 0.3 is 0 Å². The van der Waals surface area contributed by atoms with E-state index in [1.165, 1.54) is 0 Å². The van der Waals surface area contributed by atoms with E-state index in [9.17, 15) is 4.79 Å². The first kappa shape index (κ1) is 21.4. The maximum Gasteiger partial charge on any atom is 0.254 e. The number of benzene rings is 3. The lowest BCUT2D eigenvalue weighted by Gasteiger charge is -2.27. The minimum absolute atomic E-state index is 0.0138. The highest BCUT2D eigenvalue weighted by Gasteiger charge is 2.31.